The van der Waals surface area contributed by atoms with Gasteiger partial charge in [-0.3, -0.25) is 4.79 Å². The molecule has 1 saturated heterocycles. The second-order valence-corrected chi connectivity index (χ2v) is 8.68. The van der Waals surface area contributed by atoms with Crippen LogP contribution in [0.5, 0.6) is 11.8 Å². The fourth-order valence-electron chi connectivity index (χ4n) is 4.12. The third-order valence-electron chi connectivity index (χ3n) is 6.22. The van der Waals surface area contributed by atoms with E-state index in [0.717, 1.165) is 54.2 Å². The number of anilines is 1. The highest BCUT2D eigenvalue weighted by Crippen LogP contribution is 2.36. The number of H-pyrrole nitrogens is 1. The summed E-state index contributed by atoms with van der Waals surface area (Å²) in [6, 6.07) is 7.67. The van der Waals surface area contributed by atoms with Gasteiger partial charge in [-0.1, -0.05) is 11.6 Å². The quantitative estimate of drug-likeness (QED) is 0.628. The number of fused-ring (bicyclic) bond motifs is 1. The Kier molecular flexibility index (Phi) is 5.55. The number of carbonyl (C=O) groups is 1. The van der Waals surface area contributed by atoms with E-state index >= 15 is 0 Å². The summed E-state index contributed by atoms with van der Waals surface area (Å²) in [4.78, 5) is 28.3. The Morgan fingerprint density at radius 1 is 1.16 bits per heavy atom. The van der Waals surface area contributed by atoms with Crippen molar-refractivity contribution in [2.24, 2.45) is 0 Å². The molecule has 4 heterocycles. The molecule has 1 saturated carbocycles. The second-order valence-electron chi connectivity index (χ2n) is 8.28. The Labute approximate surface area is 191 Å². The van der Waals surface area contributed by atoms with Gasteiger partial charge in [-0.25, -0.2) is 4.98 Å². The predicted molar refractivity (Wildman–Crippen MR) is 124 cm³/mol. The van der Waals surface area contributed by atoms with E-state index < -0.39 is 0 Å². The number of nitrogens with zero attached hydrogens (tertiary/aromatic N) is 4. The average molecular weight is 456 g/mol. The first-order chi connectivity index (χ1) is 15.5. The van der Waals surface area contributed by atoms with E-state index in [4.69, 9.17) is 31.0 Å². The Hall–Kier alpha value is -3.00. The number of hydrogen-bond donors (Lipinski definition) is 1. The first-order valence-corrected chi connectivity index (χ1v) is 11.3. The molecule has 1 N–H and O–H groups in total. The molecule has 0 spiro atoms. The number of piperazine rings is 1. The number of methoxy groups -OCH3 is 1. The van der Waals surface area contributed by atoms with Gasteiger partial charge in [0.25, 0.3) is 0 Å². The maximum absolute atomic E-state index is 11.6. The molecule has 2 aliphatic rings. The number of pyridine rings is 2. The van der Waals surface area contributed by atoms with Gasteiger partial charge in [-0.05, 0) is 37.5 Å². The van der Waals surface area contributed by atoms with Crippen LogP contribution in [0.15, 0.2) is 24.3 Å². The first kappa shape index (κ1) is 20.9. The van der Waals surface area contributed by atoms with Crippen molar-refractivity contribution in [2.45, 2.75) is 32.3 Å². The molecule has 3 aromatic heterocycles. The molecule has 0 aromatic carbocycles. The van der Waals surface area contributed by atoms with Crippen LogP contribution in [0.2, 0.25) is 5.02 Å². The Bertz CT molecular complexity index is 1150. The van der Waals surface area contributed by atoms with Crippen molar-refractivity contribution in [1.29, 1.82) is 0 Å². The topological polar surface area (TPSA) is 83.6 Å². The number of halogens is 1. The fraction of sp³-hybridized carbons (Fsp3) is 0.435. The number of nitrogens with one attached hydrogen (secondary N) is 1. The molecule has 0 bridgehead atoms. The van der Waals surface area contributed by atoms with Gasteiger partial charge in [0.05, 0.1) is 34.4 Å². The Morgan fingerprint density at radius 3 is 2.59 bits per heavy atom. The van der Waals surface area contributed by atoms with E-state index in [0.29, 0.717) is 29.7 Å². The first-order valence-electron chi connectivity index (χ1n) is 10.9. The number of amides is 1. The molecule has 5 rings (SSSR count). The molecule has 0 radical (unpaired) electrons. The molecule has 8 nitrogen and oxygen atoms in total. The lowest BCUT2D eigenvalue weighted by Crippen LogP contribution is -2.48. The minimum absolute atomic E-state index is 0.104. The lowest BCUT2D eigenvalue weighted by Gasteiger charge is -2.35. The minimum Gasteiger partial charge on any atom is -0.480 e. The monoisotopic (exact) mass is 455 g/mol. The van der Waals surface area contributed by atoms with Crippen LogP contribution in [-0.2, 0) is 4.79 Å². The summed E-state index contributed by atoms with van der Waals surface area (Å²) in [5.74, 6) is 2.10. The lowest BCUT2D eigenvalue weighted by atomic mass is 9.96. The van der Waals surface area contributed by atoms with Gasteiger partial charge in [-0.2, -0.15) is 4.98 Å². The van der Waals surface area contributed by atoms with Gasteiger partial charge < -0.3 is 24.3 Å². The third kappa shape index (κ3) is 3.95. The largest absolute Gasteiger partial charge is 0.480 e. The average Bonchev–Trinajstić information content (AvgIpc) is 3.16. The molecule has 0 unspecified atom stereocenters. The van der Waals surface area contributed by atoms with Gasteiger partial charge in [0.15, 0.2) is 5.88 Å². The van der Waals surface area contributed by atoms with Gasteiger partial charge in [-0.15, -0.1) is 0 Å². The minimum atomic E-state index is 0.104. The highest BCUT2D eigenvalue weighted by atomic mass is 35.5. The summed E-state index contributed by atoms with van der Waals surface area (Å²) in [7, 11) is 1.59. The SMILES string of the molecule is COc1nc(N2CCN(C(C)=O)CC2)ccc1-c1nc2cc(OC3CCC3)[nH]c2cc1Cl. The van der Waals surface area contributed by atoms with Crippen molar-refractivity contribution in [3.63, 3.8) is 0 Å². The number of rotatable bonds is 5. The van der Waals surface area contributed by atoms with E-state index in [1.165, 1.54) is 6.42 Å². The molecule has 32 heavy (non-hydrogen) atoms. The summed E-state index contributed by atoms with van der Waals surface area (Å²) in [6.07, 6.45) is 3.68. The molecule has 9 heteroatoms. The van der Waals surface area contributed by atoms with Crippen molar-refractivity contribution in [2.75, 3.05) is 38.2 Å². The van der Waals surface area contributed by atoms with Crippen LogP contribution in [-0.4, -0.2) is 65.2 Å². The van der Waals surface area contributed by atoms with Gasteiger partial charge in [0.2, 0.25) is 11.8 Å². The fourth-order valence-corrected chi connectivity index (χ4v) is 4.37. The van der Waals surface area contributed by atoms with Crippen molar-refractivity contribution >= 4 is 34.4 Å². The Morgan fingerprint density at radius 2 is 1.94 bits per heavy atom. The highest BCUT2D eigenvalue weighted by molar-refractivity contribution is 6.33. The molecular weight excluding hydrogens is 430 g/mol. The standard InChI is InChI=1S/C23H26ClN5O3/c1-14(30)28-8-10-29(11-9-28)20-7-6-16(23(27-20)31-2)22-17(24)12-18-19(26-22)13-21(25-18)32-15-4-3-5-15/h6-7,12-13,15,25H,3-5,8-11H2,1-2H3. The summed E-state index contributed by atoms with van der Waals surface area (Å²) in [6.45, 7) is 4.43. The number of hydrogen-bond acceptors (Lipinski definition) is 6. The normalized spacial score (nSPS) is 16.8. The van der Waals surface area contributed by atoms with Crippen molar-refractivity contribution in [3.05, 3.63) is 29.3 Å². The summed E-state index contributed by atoms with van der Waals surface area (Å²) in [5.41, 5.74) is 2.96. The molecule has 168 valence electrons. The number of ether oxygens (including phenoxy) is 2. The van der Waals surface area contributed by atoms with Gasteiger partial charge in [0.1, 0.15) is 11.9 Å². The summed E-state index contributed by atoms with van der Waals surface area (Å²) >= 11 is 6.60. The molecule has 1 aliphatic heterocycles. The lowest BCUT2D eigenvalue weighted by molar-refractivity contribution is -0.129. The zero-order valence-electron chi connectivity index (χ0n) is 18.2. The summed E-state index contributed by atoms with van der Waals surface area (Å²) in [5, 5.41) is 0.512. The van der Waals surface area contributed by atoms with Crippen LogP contribution < -0.4 is 14.4 Å². The van der Waals surface area contributed by atoms with Crippen molar-refractivity contribution < 1.29 is 14.3 Å². The highest BCUT2D eigenvalue weighted by Gasteiger charge is 2.23. The molecular formula is C23H26ClN5O3. The number of carbonyl (C=O) groups excluding carboxylic acids is 1. The maximum atomic E-state index is 11.6. The number of aromatic amines is 1. The van der Waals surface area contributed by atoms with Crippen LogP contribution >= 0.6 is 11.6 Å². The van der Waals surface area contributed by atoms with E-state index in [1.54, 1.807) is 14.0 Å². The Balaban J connectivity index is 1.42. The van der Waals surface area contributed by atoms with Crippen LogP contribution in [0.4, 0.5) is 5.82 Å². The van der Waals surface area contributed by atoms with Gasteiger partial charge in [0, 0.05) is 39.2 Å². The summed E-state index contributed by atoms with van der Waals surface area (Å²) < 4.78 is 11.6. The maximum Gasteiger partial charge on any atom is 0.224 e. The van der Waals surface area contributed by atoms with Crippen molar-refractivity contribution in [1.82, 2.24) is 19.9 Å². The molecule has 1 amide bonds. The predicted octanol–water partition coefficient (Wildman–Crippen LogP) is 3.89. The zero-order valence-corrected chi connectivity index (χ0v) is 19.0. The van der Waals surface area contributed by atoms with Crippen LogP contribution in [0.3, 0.4) is 0 Å². The molecule has 1 aliphatic carbocycles. The molecule has 2 fully saturated rings. The molecule has 0 atom stereocenters. The third-order valence-corrected chi connectivity index (χ3v) is 6.51. The van der Waals surface area contributed by atoms with E-state index in [2.05, 4.69) is 9.88 Å². The zero-order chi connectivity index (χ0) is 22.2. The van der Waals surface area contributed by atoms with Crippen LogP contribution in [0, 0.1) is 0 Å². The smallest absolute Gasteiger partial charge is 0.224 e. The van der Waals surface area contributed by atoms with Crippen LogP contribution in [0.1, 0.15) is 26.2 Å². The van der Waals surface area contributed by atoms with E-state index in [-0.39, 0.29) is 12.0 Å². The number of aromatic nitrogens is 3. The second kappa shape index (κ2) is 8.50. The van der Waals surface area contributed by atoms with E-state index in [9.17, 15) is 4.79 Å². The van der Waals surface area contributed by atoms with E-state index in [1.807, 2.05) is 29.2 Å². The van der Waals surface area contributed by atoms with Crippen molar-refractivity contribution in [3.8, 4) is 23.0 Å². The van der Waals surface area contributed by atoms with Crippen LogP contribution in [0.25, 0.3) is 22.3 Å². The van der Waals surface area contributed by atoms with Gasteiger partial charge >= 0.3 is 0 Å². The molecule has 3 aromatic rings.